The van der Waals surface area contributed by atoms with Crippen molar-refractivity contribution in [1.29, 1.82) is 5.26 Å². The summed E-state index contributed by atoms with van der Waals surface area (Å²) in [4.78, 5) is 18.4. The molecule has 11 heteroatoms. The fraction of sp³-hybridized carbons (Fsp3) is 0.440. The van der Waals surface area contributed by atoms with Crippen molar-refractivity contribution in [3.63, 3.8) is 0 Å². The maximum Gasteiger partial charge on any atom is 0.419 e. The zero-order valence-corrected chi connectivity index (χ0v) is 21.3. The molecule has 1 heterocycles. The predicted molar refractivity (Wildman–Crippen MR) is 130 cm³/mol. The van der Waals surface area contributed by atoms with Crippen molar-refractivity contribution in [2.45, 2.75) is 31.1 Å². The smallest absolute Gasteiger partial charge is 0.339 e. The highest BCUT2D eigenvalue weighted by Crippen LogP contribution is 2.35. The normalized spacial score (nSPS) is 18.2. The minimum absolute atomic E-state index is 0.100. The molecule has 0 aliphatic carbocycles. The van der Waals surface area contributed by atoms with E-state index in [0.717, 1.165) is 17.7 Å². The predicted octanol–water partition coefficient (Wildman–Crippen LogP) is 5.42. The topological polar surface area (TPSA) is 50.6 Å². The van der Waals surface area contributed by atoms with E-state index in [-0.39, 0.29) is 31.0 Å². The Morgan fingerprint density at radius 2 is 1.86 bits per heavy atom. The molecule has 1 amide bonds. The summed E-state index contributed by atoms with van der Waals surface area (Å²) in [6.45, 7) is 1.57. The van der Waals surface area contributed by atoms with Gasteiger partial charge >= 0.3 is 6.18 Å². The lowest BCUT2D eigenvalue weighted by molar-refractivity contribution is -0.140. The molecular weight excluding hydrogens is 519 g/mol. The van der Waals surface area contributed by atoms with Crippen molar-refractivity contribution in [1.82, 2.24) is 14.7 Å². The van der Waals surface area contributed by atoms with E-state index >= 15 is 0 Å². The fourth-order valence-corrected chi connectivity index (χ4v) is 4.76. The molecule has 2 aromatic rings. The van der Waals surface area contributed by atoms with Crippen LogP contribution in [0.3, 0.4) is 0 Å². The maximum atomic E-state index is 14.1. The number of nitriles is 1. The molecule has 1 aliphatic heterocycles. The van der Waals surface area contributed by atoms with E-state index in [1.165, 1.54) is 6.07 Å². The van der Waals surface area contributed by atoms with Gasteiger partial charge in [-0.15, -0.1) is 0 Å². The molecule has 194 valence electrons. The van der Waals surface area contributed by atoms with Crippen molar-refractivity contribution in [3.8, 4) is 6.07 Å². The number of likely N-dealkylation sites (tertiary alicyclic amines) is 1. The third-order valence-corrected chi connectivity index (χ3v) is 7.10. The van der Waals surface area contributed by atoms with Gasteiger partial charge in [-0.1, -0.05) is 35.3 Å². The molecule has 36 heavy (non-hydrogen) atoms. The Hall–Kier alpha value is -2.38. The molecule has 0 bridgehead atoms. The van der Waals surface area contributed by atoms with Crippen LogP contribution in [0.1, 0.15) is 29.0 Å². The molecule has 5 nitrogen and oxygen atoms in total. The van der Waals surface area contributed by atoms with Crippen LogP contribution < -0.4 is 0 Å². The van der Waals surface area contributed by atoms with Crippen molar-refractivity contribution in [3.05, 3.63) is 69.0 Å². The van der Waals surface area contributed by atoms with Crippen LogP contribution in [0.4, 0.5) is 17.6 Å². The van der Waals surface area contributed by atoms with E-state index in [2.05, 4.69) is 6.07 Å². The van der Waals surface area contributed by atoms with Crippen molar-refractivity contribution in [2.75, 3.05) is 40.3 Å². The molecule has 3 rings (SSSR count). The highest BCUT2D eigenvalue weighted by Gasteiger charge is 2.39. The van der Waals surface area contributed by atoms with E-state index in [4.69, 9.17) is 28.5 Å². The number of halogens is 6. The van der Waals surface area contributed by atoms with Gasteiger partial charge in [-0.3, -0.25) is 14.6 Å². The SMILES string of the molecule is CN(CCC#N)CC(=O)N1CC(N(C)Cc2ccc(C(F)(F)F)c(F)c2)[C@@H](c2ccc(Cl)c(Cl)c2)C1. The Morgan fingerprint density at radius 1 is 1.14 bits per heavy atom. The second kappa shape index (κ2) is 11.8. The van der Waals surface area contributed by atoms with E-state index in [0.29, 0.717) is 41.7 Å². The van der Waals surface area contributed by atoms with E-state index < -0.39 is 17.6 Å². The number of rotatable bonds is 8. The third-order valence-electron chi connectivity index (χ3n) is 6.36. The number of hydrogen-bond acceptors (Lipinski definition) is 4. The first kappa shape index (κ1) is 28.2. The second-order valence-electron chi connectivity index (χ2n) is 9.02. The molecule has 0 spiro atoms. The quantitative estimate of drug-likeness (QED) is 0.416. The van der Waals surface area contributed by atoms with Gasteiger partial charge in [0.25, 0.3) is 0 Å². The van der Waals surface area contributed by atoms with Crippen LogP contribution in [0.2, 0.25) is 10.0 Å². The Labute approximate surface area is 217 Å². The lowest BCUT2D eigenvalue weighted by atomic mass is 9.93. The first-order valence-electron chi connectivity index (χ1n) is 11.2. The Kier molecular flexibility index (Phi) is 9.23. The van der Waals surface area contributed by atoms with Gasteiger partial charge in [0, 0.05) is 44.6 Å². The summed E-state index contributed by atoms with van der Waals surface area (Å²) in [5, 5.41) is 9.55. The zero-order chi connectivity index (χ0) is 26.6. The lowest BCUT2D eigenvalue weighted by Crippen LogP contribution is -2.40. The average Bonchev–Trinajstić information content (AvgIpc) is 3.24. The van der Waals surface area contributed by atoms with Crippen LogP contribution in [0.25, 0.3) is 0 Å². The molecule has 1 fully saturated rings. The number of likely N-dealkylation sites (N-methyl/N-ethyl adjacent to an activating group) is 2. The van der Waals surface area contributed by atoms with Gasteiger partial charge in [0.1, 0.15) is 5.82 Å². The van der Waals surface area contributed by atoms with Crippen LogP contribution in [-0.2, 0) is 17.5 Å². The Bertz CT molecular complexity index is 1140. The Balaban J connectivity index is 1.82. The number of benzene rings is 2. The number of carbonyl (C=O) groups excluding carboxylic acids is 1. The highest BCUT2D eigenvalue weighted by molar-refractivity contribution is 6.42. The van der Waals surface area contributed by atoms with Gasteiger partial charge in [0.05, 0.1) is 28.2 Å². The summed E-state index contributed by atoms with van der Waals surface area (Å²) in [5.74, 6) is -1.58. The molecule has 1 saturated heterocycles. The summed E-state index contributed by atoms with van der Waals surface area (Å²) in [6.07, 6.45) is -4.45. The number of hydrogen-bond donors (Lipinski definition) is 0. The molecule has 1 unspecified atom stereocenters. The fourth-order valence-electron chi connectivity index (χ4n) is 4.45. The van der Waals surface area contributed by atoms with Crippen LogP contribution in [0.15, 0.2) is 36.4 Å². The van der Waals surface area contributed by atoms with Gasteiger partial charge in [-0.2, -0.15) is 18.4 Å². The van der Waals surface area contributed by atoms with Crippen molar-refractivity contribution < 1.29 is 22.4 Å². The number of amides is 1. The van der Waals surface area contributed by atoms with Gasteiger partial charge in [0.2, 0.25) is 5.91 Å². The van der Waals surface area contributed by atoms with Crippen LogP contribution in [0.5, 0.6) is 0 Å². The van der Waals surface area contributed by atoms with E-state index in [1.807, 2.05) is 11.0 Å². The van der Waals surface area contributed by atoms with Gasteiger partial charge in [0.15, 0.2) is 0 Å². The highest BCUT2D eigenvalue weighted by atomic mass is 35.5. The van der Waals surface area contributed by atoms with Crippen molar-refractivity contribution >= 4 is 29.1 Å². The second-order valence-corrected chi connectivity index (χ2v) is 9.83. The molecule has 2 atom stereocenters. The number of carbonyl (C=O) groups is 1. The minimum atomic E-state index is -4.76. The molecule has 0 aromatic heterocycles. The number of alkyl halides is 3. The third kappa shape index (κ3) is 6.88. The number of nitrogens with zero attached hydrogens (tertiary/aromatic N) is 4. The summed E-state index contributed by atoms with van der Waals surface area (Å²) in [5.41, 5.74) is -0.0503. The molecule has 2 aromatic carbocycles. The largest absolute Gasteiger partial charge is 0.419 e. The average molecular weight is 545 g/mol. The van der Waals surface area contributed by atoms with Gasteiger partial charge in [-0.25, -0.2) is 4.39 Å². The molecular formula is C25H26Cl2F4N4O. The molecule has 0 N–H and O–H groups in total. The van der Waals surface area contributed by atoms with Crippen LogP contribution >= 0.6 is 23.2 Å². The van der Waals surface area contributed by atoms with Crippen molar-refractivity contribution in [2.24, 2.45) is 0 Å². The van der Waals surface area contributed by atoms with Crippen LogP contribution in [-0.4, -0.2) is 66.9 Å². The van der Waals surface area contributed by atoms with Gasteiger partial charge in [-0.05, 0) is 49.5 Å². The molecule has 0 saturated carbocycles. The minimum Gasteiger partial charge on any atom is -0.339 e. The first-order valence-corrected chi connectivity index (χ1v) is 12.0. The van der Waals surface area contributed by atoms with Gasteiger partial charge < -0.3 is 4.90 Å². The van der Waals surface area contributed by atoms with Crippen LogP contribution in [0, 0.1) is 17.1 Å². The summed E-state index contributed by atoms with van der Waals surface area (Å²) in [7, 11) is 3.56. The summed E-state index contributed by atoms with van der Waals surface area (Å²) >= 11 is 12.3. The molecule has 1 aliphatic rings. The maximum absolute atomic E-state index is 14.1. The Morgan fingerprint density at radius 3 is 2.47 bits per heavy atom. The lowest BCUT2D eigenvalue weighted by Gasteiger charge is -2.29. The summed E-state index contributed by atoms with van der Waals surface area (Å²) < 4.78 is 52.9. The molecule has 0 radical (unpaired) electrons. The standard InChI is InChI=1S/C25H26Cl2F4N4O/c1-33(9-3-8-32)15-24(36)35-13-18(17-5-7-20(26)21(27)11-17)23(14-35)34(2)12-16-4-6-19(22(28)10-16)25(29,30)31/h4-7,10-11,18,23H,3,9,12-15H2,1-2H3/t18-,23?/m1/s1. The summed E-state index contributed by atoms with van der Waals surface area (Å²) in [6, 6.07) is 10.0. The van der Waals surface area contributed by atoms with E-state index in [9.17, 15) is 22.4 Å². The monoisotopic (exact) mass is 544 g/mol. The van der Waals surface area contributed by atoms with E-state index in [1.54, 1.807) is 36.0 Å². The first-order chi connectivity index (χ1) is 16.9. The zero-order valence-electron chi connectivity index (χ0n) is 19.8.